The standard InChI is InChI=1S/C14H23N3/c1-6-15-12(4)13-7-8-14(16-9-13)17(5)10-11(2)3/h7-9,12,15H,2,6,10H2,1,3-5H3. The summed E-state index contributed by atoms with van der Waals surface area (Å²) >= 11 is 0. The molecule has 1 rings (SSSR count). The van der Waals surface area contributed by atoms with E-state index < -0.39 is 0 Å². The van der Waals surface area contributed by atoms with E-state index in [1.807, 2.05) is 20.2 Å². The van der Waals surface area contributed by atoms with Gasteiger partial charge in [0.05, 0.1) is 0 Å². The van der Waals surface area contributed by atoms with Crippen LogP contribution in [-0.2, 0) is 0 Å². The van der Waals surface area contributed by atoms with E-state index in [0.717, 1.165) is 24.5 Å². The molecule has 0 amide bonds. The van der Waals surface area contributed by atoms with E-state index in [1.54, 1.807) is 0 Å². The first-order chi connectivity index (χ1) is 8.04. The van der Waals surface area contributed by atoms with Crippen molar-refractivity contribution in [3.63, 3.8) is 0 Å². The third-order valence-corrected chi connectivity index (χ3v) is 2.68. The molecule has 0 fully saturated rings. The van der Waals surface area contributed by atoms with Crippen molar-refractivity contribution in [2.45, 2.75) is 26.8 Å². The molecule has 3 nitrogen and oxygen atoms in total. The van der Waals surface area contributed by atoms with Gasteiger partial charge in [-0.25, -0.2) is 4.98 Å². The van der Waals surface area contributed by atoms with Crippen LogP contribution >= 0.6 is 0 Å². The maximum absolute atomic E-state index is 4.48. The predicted octanol–water partition coefficient (Wildman–Crippen LogP) is 2.76. The first kappa shape index (κ1) is 13.7. The number of nitrogens with one attached hydrogen (secondary N) is 1. The molecule has 0 bridgehead atoms. The molecule has 0 radical (unpaired) electrons. The number of hydrogen-bond donors (Lipinski definition) is 1. The van der Waals surface area contributed by atoms with E-state index in [9.17, 15) is 0 Å². The Morgan fingerprint density at radius 1 is 1.53 bits per heavy atom. The van der Waals surface area contributed by atoms with Crippen molar-refractivity contribution in [2.24, 2.45) is 0 Å². The summed E-state index contributed by atoms with van der Waals surface area (Å²) in [6.45, 7) is 12.0. The average Bonchev–Trinajstić information content (AvgIpc) is 2.28. The summed E-state index contributed by atoms with van der Waals surface area (Å²) in [5, 5.41) is 3.37. The minimum atomic E-state index is 0.355. The van der Waals surface area contributed by atoms with Crippen molar-refractivity contribution in [2.75, 3.05) is 25.0 Å². The van der Waals surface area contributed by atoms with Crippen LogP contribution in [0.1, 0.15) is 32.4 Å². The lowest BCUT2D eigenvalue weighted by molar-refractivity contribution is 0.596. The highest BCUT2D eigenvalue weighted by atomic mass is 15.2. The molecule has 1 atom stereocenters. The Balaban J connectivity index is 2.70. The third kappa shape index (κ3) is 4.19. The van der Waals surface area contributed by atoms with Crippen LogP contribution < -0.4 is 10.2 Å². The first-order valence-corrected chi connectivity index (χ1v) is 6.09. The van der Waals surface area contributed by atoms with Crippen LogP contribution in [0, 0.1) is 0 Å². The molecule has 1 heterocycles. The van der Waals surface area contributed by atoms with Crippen LogP contribution in [0.5, 0.6) is 0 Å². The second-order valence-corrected chi connectivity index (χ2v) is 4.54. The fraction of sp³-hybridized carbons (Fsp3) is 0.500. The van der Waals surface area contributed by atoms with Gasteiger partial charge in [-0.15, -0.1) is 0 Å². The van der Waals surface area contributed by atoms with Gasteiger partial charge in [0, 0.05) is 25.8 Å². The summed E-state index contributed by atoms with van der Waals surface area (Å²) in [5.74, 6) is 0.987. The molecule has 0 saturated carbocycles. The maximum Gasteiger partial charge on any atom is 0.128 e. The van der Waals surface area contributed by atoms with Crippen molar-refractivity contribution >= 4 is 5.82 Å². The minimum Gasteiger partial charge on any atom is -0.356 e. The monoisotopic (exact) mass is 233 g/mol. The van der Waals surface area contributed by atoms with E-state index >= 15 is 0 Å². The van der Waals surface area contributed by atoms with Crippen molar-refractivity contribution in [1.82, 2.24) is 10.3 Å². The Kier molecular flexibility index (Phi) is 5.16. The summed E-state index contributed by atoms with van der Waals surface area (Å²) in [4.78, 5) is 6.58. The largest absolute Gasteiger partial charge is 0.356 e. The Morgan fingerprint density at radius 2 is 2.24 bits per heavy atom. The highest BCUT2D eigenvalue weighted by molar-refractivity contribution is 5.40. The van der Waals surface area contributed by atoms with Crippen LogP contribution in [0.25, 0.3) is 0 Å². The Morgan fingerprint density at radius 3 is 2.71 bits per heavy atom. The van der Waals surface area contributed by atoms with Gasteiger partial charge < -0.3 is 10.2 Å². The Bertz CT molecular complexity index is 356. The molecule has 1 N–H and O–H groups in total. The van der Waals surface area contributed by atoms with Crippen LogP contribution in [0.3, 0.4) is 0 Å². The molecule has 0 saturated heterocycles. The molecule has 1 aromatic heterocycles. The highest BCUT2D eigenvalue weighted by Crippen LogP contribution is 2.15. The normalized spacial score (nSPS) is 12.2. The molecule has 0 spiro atoms. The van der Waals surface area contributed by atoms with Crippen LogP contribution in [0.4, 0.5) is 5.82 Å². The van der Waals surface area contributed by atoms with Gasteiger partial charge in [0.2, 0.25) is 0 Å². The van der Waals surface area contributed by atoms with E-state index in [1.165, 1.54) is 5.56 Å². The fourth-order valence-electron chi connectivity index (χ4n) is 1.79. The smallest absolute Gasteiger partial charge is 0.128 e. The van der Waals surface area contributed by atoms with Gasteiger partial charge in [0.1, 0.15) is 5.82 Å². The lowest BCUT2D eigenvalue weighted by Crippen LogP contribution is -2.21. The minimum absolute atomic E-state index is 0.355. The van der Waals surface area contributed by atoms with Crippen molar-refractivity contribution in [1.29, 1.82) is 0 Å². The van der Waals surface area contributed by atoms with Gasteiger partial charge in [-0.2, -0.15) is 0 Å². The average molecular weight is 233 g/mol. The summed E-state index contributed by atoms with van der Waals surface area (Å²) in [7, 11) is 2.03. The molecule has 3 heteroatoms. The number of pyridine rings is 1. The third-order valence-electron chi connectivity index (χ3n) is 2.68. The van der Waals surface area contributed by atoms with E-state index in [2.05, 4.69) is 47.8 Å². The molecule has 0 aliphatic rings. The van der Waals surface area contributed by atoms with Gasteiger partial charge in [0.15, 0.2) is 0 Å². The van der Waals surface area contributed by atoms with Crippen LogP contribution in [0.2, 0.25) is 0 Å². The molecule has 17 heavy (non-hydrogen) atoms. The van der Waals surface area contributed by atoms with Gasteiger partial charge in [-0.1, -0.05) is 25.1 Å². The topological polar surface area (TPSA) is 28.2 Å². The number of nitrogens with zero attached hydrogens (tertiary/aromatic N) is 2. The van der Waals surface area contributed by atoms with Crippen molar-refractivity contribution in [3.05, 3.63) is 36.0 Å². The number of aromatic nitrogens is 1. The first-order valence-electron chi connectivity index (χ1n) is 6.09. The van der Waals surface area contributed by atoms with Gasteiger partial charge in [-0.3, -0.25) is 0 Å². The molecule has 94 valence electrons. The van der Waals surface area contributed by atoms with Gasteiger partial charge in [0.25, 0.3) is 0 Å². The van der Waals surface area contributed by atoms with Gasteiger partial charge >= 0.3 is 0 Å². The Hall–Kier alpha value is -1.35. The summed E-state index contributed by atoms with van der Waals surface area (Å²) in [6.07, 6.45) is 1.94. The second-order valence-electron chi connectivity index (χ2n) is 4.54. The number of likely N-dealkylation sites (N-methyl/N-ethyl adjacent to an activating group) is 1. The number of anilines is 1. The van der Waals surface area contributed by atoms with Gasteiger partial charge in [-0.05, 0) is 32.0 Å². The molecular weight excluding hydrogens is 210 g/mol. The molecule has 1 unspecified atom stereocenters. The zero-order valence-electron chi connectivity index (χ0n) is 11.3. The summed E-state index contributed by atoms with van der Waals surface area (Å²) in [6, 6.07) is 4.55. The van der Waals surface area contributed by atoms with E-state index in [4.69, 9.17) is 0 Å². The molecular formula is C14H23N3. The Labute approximate surface area is 105 Å². The van der Waals surface area contributed by atoms with Crippen molar-refractivity contribution in [3.8, 4) is 0 Å². The zero-order chi connectivity index (χ0) is 12.8. The highest BCUT2D eigenvalue weighted by Gasteiger charge is 2.06. The predicted molar refractivity (Wildman–Crippen MR) is 74.4 cm³/mol. The quantitative estimate of drug-likeness (QED) is 0.766. The molecule has 1 aromatic rings. The molecule has 0 aromatic carbocycles. The van der Waals surface area contributed by atoms with E-state index in [-0.39, 0.29) is 0 Å². The number of rotatable bonds is 6. The fourth-order valence-corrected chi connectivity index (χ4v) is 1.79. The summed E-state index contributed by atoms with van der Waals surface area (Å²) in [5.41, 5.74) is 2.36. The van der Waals surface area contributed by atoms with Crippen molar-refractivity contribution < 1.29 is 0 Å². The SMILES string of the molecule is C=C(C)CN(C)c1ccc(C(C)NCC)cn1. The maximum atomic E-state index is 4.48. The molecule has 0 aliphatic carbocycles. The summed E-state index contributed by atoms with van der Waals surface area (Å²) < 4.78 is 0. The van der Waals surface area contributed by atoms with E-state index in [0.29, 0.717) is 6.04 Å². The molecule has 0 aliphatic heterocycles. The zero-order valence-corrected chi connectivity index (χ0v) is 11.3. The van der Waals surface area contributed by atoms with Crippen LogP contribution in [0.15, 0.2) is 30.5 Å². The lowest BCUT2D eigenvalue weighted by Gasteiger charge is -2.19. The lowest BCUT2D eigenvalue weighted by atomic mass is 10.1. The number of hydrogen-bond acceptors (Lipinski definition) is 3. The van der Waals surface area contributed by atoms with Crippen LogP contribution in [-0.4, -0.2) is 25.1 Å². The second kappa shape index (κ2) is 6.40.